The monoisotopic (exact) mass is 510 g/mol. The van der Waals surface area contributed by atoms with Crippen LogP contribution in [0.15, 0.2) is 0 Å². The van der Waals surface area contributed by atoms with Crippen LogP contribution < -0.4 is 24.8 Å². The van der Waals surface area contributed by atoms with Crippen LogP contribution in [0.25, 0.3) is 9.30 Å². The second-order valence-electron chi connectivity index (χ2n) is 8.91. The minimum absolute atomic E-state index is 0. The van der Waals surface area contributed by atoms with Gasteiger partial charge in [-0.15, -0.1) is 0 Å². The molecule has 128 valence electrons. The van der Waals surface area contributed by atoms with E-state index in [0.717, 1.165) is 0 Å². The van der Waals surface area contributed by atoms with Crippen molar-refractivity contribution < 1.29 is 24.8 Å². The number of hydrogen-bond donors (Lipinski definition) is 0. The fourth-order valence-electron chi connectivity index (χ4n) is 2.01. The Hall–Kier alpha value is 2.17. The van der Waals surface area contributed by atoms with Crippen molar-refractivity contribution in [1.29, 1.82) is 0 Å². The summed E-state index contributed by atoms with van der Waals surface area (Å²) in [5.74, 6) is 0. The molecule has 21 heavy (non-hydrogen) atoms. The molecule has 0 bridgehead atoms. The molecule has 0 fully saturated rings. The van der Waals surface area contributed by atoms with Crippen molar-refractivity contribution in [1.82, 2.24) is 0 Å². The molecule has 0 aromatic carbocycles. The molecular weight excluding hydrogens is 474 g/mol. The zero-order chi connectivity index (χ0) is 15.4. The van der Waals surface area contributed by atoms with E-state index in [9.17, 15) is 0 Å². The van der Waals surface area contributed by atoms with E-state index in [-0.39, 0.29) is 48.7 Å². The zero-order valence-electron chi connectivity index (χ0n) is 16.2. The van der Waals surface area contributed by atoms with E-state index in [1.165, 1.54) is 0 Å². The molecule has 0 heterocycles. The van der Waals surface area contributed by atoms with Crippen molar-refractivity contribution in [2.24, 2.45) is 0 Å². The number of halogens is 2. The van der Waals surface area contributed by atoms with Crippen molar-refractivity contribution in [3.63, 3.8) is 0 Å². The SMILES string of the molecule is C[Si](C)(C)[N-][Si](C)(C)C.C[Si](C)(C)[N-][Si](C)(C)C.[Cl-].[Cl-].[Sn+4]. The molecule has 0 N–H and O–H groups in total. The molecule has 0 saturated carbocycles. The molecule has 0 saturated heterocycles. The topological polar surface area (TPSA) is 28.2 Å². The van der Waals surface area contributed by atoms with Gasteiger partial charge in [0.2, 0.25) is 0 Å². The van der Waals surface area contributed by atoms with Gasteiger partial charge < -0.3 is 34.1 Å². The fraction of sp³-hybridized carbons (Fsp3) is 1.00. The number of hydrogen-bond acceptors (Lipinski definition) is 0. The molecule has 0 aromatic heterocycles. The Bertz CT molecular complexity index is 194. The third kappa shape index (κ3) is 44.9. The van der Waals surface area contributed by atoms with E-state index in [4.69, 9.17) is 9.30 Å². The maximum Gasteiger partial charge on any atom is 4.00 e. The number of rotatable bonds is 4. The summed E-state index contributed by atoms with van der Waals surface area (Å²) in [5, 5.41) is 0. The molecule has 0 radical (unpaired) electrons. The first-order valence-electron chi connectivity index (χ1n) is 6.89. The van der Waals surface area contributed by atoms with E-state index < -0.39 is 32.9 Å². The maximum atomic E-state index is 4.82. The summed E-state index contributed by atoms with van der Waals surface area (Å²) in [6.07, 6.45) is 0. The van der Waals surface area contributed by atoms with Crippen molar-refractivity contribution >= 4 is 56.8 Å². The Morgan fingerprint density at radius 2 is 0.476 bits per heavy atom. The molecule has 0 unspecified atom stereocenters. The van der Waals surface area contributed by atoms with Crippen LogP contribution in [0.1, 0.15) is 0 Å². The van der Waals surface area contributed by atoms with Gasteiger partial charge in [0.25, 0.3) is 0 Å². The second-order valence-corrected chi connectivity index (χ2v) is 28.1. The van der Waals surface area contributed by atoms with E-state index in [1.807, 2.05) is 0 Å². The fourth-order valence-corrected chi connectivity index (χ4v) is 18.1. The normalized spacial score (nSPS) is 12.0. The quantitative estimate of drug-likeness (QED) is 0.465. The van der Waals surface area contributed by atoms with E-state index >= 15 is 0 Å². The Labute approximate surface area is 168 Å². The summed E-state index contributed by atoms with van der Waals surface area (Å²) in [4.78, 5) is 0. The Balaban J connectivity index is -0.0000000711. The van der Waals surface area contributed by atoms with Crippen molar-refractivity contribution in [2.45, 2.75) is 78.6 Å². The predicted octanol–water partition coefficient (Wildman–Crippen LogP) is -0.313. The Morgan fingerprint density at radius 1 is 0.381 bits per heavy atom. The average Bonchev–Trinajstić information content (AvgIpc) is 1.64. The smallest absolute Gasteiger partial charge is 1.00 e. The van der Waals surface area contributed by atoms with Crippen LogP contribution in [-0.4, -0.2) is 56.8 Å². The van der Waals surface area contributed by atoms with Gasteiger partial charge in [0, 0.05) is 0 Å². The molecule has 0 aliphatic carbocycles. The summed E-state index contributed by atoms with van der Waals surface area (Å²) in [6, 6.07) is 0. The van der Waals surface area contributed by atoms with Crippen LogP contribution >= 0.6 is 0 Å². The molecule has 9 heteroatoms. The van der Waals surface area contributed by atoms with Crippen LogP contribution in [0.5, 0.6) is 0 Å². The second kappa shape index (κ2) is 12.5. The third-order valence-corrected chi connectivity index (χ3v) is 12.1. The molecule has 0 amide bonds. The first-order chi connectivity index (χ1) is 7.41. The van der Waals surface area contributed by atoms with Gasteiger partial charge >= 0.3 is 23.9 Å². The van der Waals surface area contributed by atoms with Crippen molar-refractivity contribution in [2.75, 3.05) is 0 Å². The van der Waals surface area contributed by atoms with Gasteiger partial charge in [0.05, 0.1) is 0 Å². The standard InChI is InChI=1S/2C6H18NSi2.2ClH.Sn/c2*1-8(2,3)7-9(4,5)6;;;/h2*1-6H3;2*1H;/q2*-1;;;+4/p-2. The average molecular weight is 510 g/mol. The summed E-state index contributed by atoms with van der Waals surface area (Å²) in [5.41, 5.74) is 0. The van der Waals surface area contributed by atoms with Gasteiger partial charge in [-0.25, -0.2) is 0 Å². The summed E-state index contributed by atoms with van der Waals surface area (Å²) in [7, 11) is -4.42. The summed E-state index contributed by atoms with van der Waals surface area (Å²) >= 11 is 0. The van der Waals surface area contributed by atoms with E-state index in [1.54, 1.807) is 0 Å². The van der Waals surface area contributed by atoms with Crippen LogP contribution in [0.2, 0.25) is 78.6 Å². The molecule has 0 rings (SSSR count). The molecule has 0 aliphatic rings. The zero-order valence-corrected chi connectivity index (χ0v) is 24.5. The van der Waals surface area contributed by atoms with Crippen LogP contribution in [-0.2, 0) is 0 Å². The van der Waals surface area contributed by atoms with E-state index in [0.29, 0.717) is 0 Å². The number of nitrogens with zero attached hydrogens (tertiary/aromatic N) is 2. The molecule has 2 nitrogen and oxygen atoms in total. The molecule has 0 spiro atoms. The maximum absolute atomic E-state index is 4.82. The molecular formula is C12H36Cl2N2Si4Sn. The summed E-state index contributed by atoms with van der Waals surface area (Å²) in [6.45, 7) is 27.6. The van der Waals surface area contributed by atoms with Gasteiger partial charge in [-0.2, -0.15) is 0 Å². The van der Waals surface area contributed by atoms with Gasteiger partial charge in [-0.1, -0.05) is 112 Å². The molecule has 0 atom stereocenters. The van der Waals surface area contributed by atoms with Gasteiger partial charge in [-0.3, -0.25) is 0 Å². The molecule has 0 aliphatic heterocycles. The van der Waals surface area contributed by atoms with Crippen LogP contribution in [0.4, 0.5) is 0 Å². The van der Waals surface area contributed by atoms with Crippen LogP contribution in [0, 0.1) is 0 Å². The first-order valence-corrected chi connectivity index (χ1v) is 20.7. The van der Waals surface area contributed by atoms with Gasteiger partial charge in [0.1, 0.15) is 0 Å². The molecule has 0 aromatic rings. The van der Waals surface area contributed by atoms with Gasteiger partial charge in [0.15, 0.2) is 0 Å². The minimum atomic E-state index is -1.11. The largest absolute Gasteiger partial charge is 4.00 e. The van der Waals surface area contributed by atoms with Gasteiger partial charge in [-0.05, 0) is 0 Å². The van der Waals surface area contributed by atoms with Crippen LogP contribution in [0.3, 0.4) is 0 Å². The summed E-state index contributed by atoms with van der Waals surface area (Å²) < 4.78 is 9.64. The van der Waals surface area contributed by atoms with E-state index in [2.05, 4.69) is 78.6 Å². The predicted molar refractivity (Wildman–Crippen MR) is 106 cm³/mol. The Morgan fingerprint density at radius 3 is 0.476 bits per heavy atom. The third-order valence-electron chi connectivity index (χ3n) is 1.34. The van der Waals surface area contributed by atoms with Crippen molar-refractivity contribution in [3.8, 4) is 0 Å². The van der Waals surface area contributed by atoms with Crippen molar-refractivity contribution in [3.05, 3.63) is 9.30 Å². The first kappa shape index (κ1) is 34.5. The minimum Gasteiger partial charge on any atom is -1.00 e. The Kier molecular flexibility index (Phi) is 20.6.